The quantitative estimate of drug-likeness (QED) is 0.403. The second-order valence-corrected chi connectivity index (χ2v) is 8.49. The average molecular weight is 423 g/mol. The van der Waals surface area contributed by atoms with Crippen LogP contribution in [0.25, 0.3) is 0 Å². The number of aliphatic imine (C=N–C) groups is 1. The summed E-state index contributed by atoms with van der Waals surface area (Å²) in [7, 11) is 1.86. The number of benzene rings is 1. The number of hydrogen-bond donors (Lipinski definition) is 1. The SMILES string of the molecule is CN=C(NCCCCn1ccnc1C)N1CC(CCN2CCCC2=O)c2ccccc21. The number of unbranched alkanes of at least 4 members (excludes halogenated alkanes) is 1. The third-order valence-corrected chi connectivity index (χ3v) is 6.49. The number of guanidine groups is 1. The standard InChI is InChI=1S/C24H34N6O/c1-19-26-13-17-28(19)14-6-5-12-27-24(25-2)30-18-20(21-8-3-4-9-22(21)30)11-16-29-15-7-10-23(29)31/h3-4,8-9,13,17,20H,5-7,10-12,14-16,18H2,1-2H3,(H,25,27). The van der Waals surface area contributed by atoms with Crippen molar-refractivity contribution in [2.75, 3.05) is 38.1 Å². The van der Waals surface area contributed by atoms with E-state index in [4.69, 9.17) is 0 Å². The maximum Gasteiger partial charge on any atom is 0.222 e. The molecule has 7 nitrogen and oxygen atoms in total. The predicted molar refractivity (Wildman–Crippen MR) is 125 cm³/mol. The molecule has 0 radical (unpaired) electrons. The third kappa shape index (κ3) is 4.92. The second-order valence-electron chi connectivity index (χ2n) is 8.49. The number of carbonyl (C=O) groups excluding carboxylic acids is 1. The molecule has 0 aliphatic carbocycles. The van der Waals surface area contributed by atoms with E-state index in [1.54, 1.807) is 0 Å². The summed E-state index contributed by atoms with van der Waals surface area (Å²) in [6.45, 7) is 6.61. The highest BCUT2D eigenvalue weighted by Gasteiger charge is 2.31. The number of aryl methyl sites for hydroxylation is 2. The fraction of sp³-hybridized carbons (Fsp3) is 0.542. The van der Waals surface area contributed by atoms with E-state index < -0.39 is 0 Å². The summed E-state index contributed by atoms with van der Waals surface area (Å²) in [6.07, 6.45) is 8.79. The maximum absolute atomic E-state index is 12.0. The molecule has 1 amide bonds. The van der Waals surface area contributed by atoms with Crippen LogP contribution in [0.2, 0.25) is 0 Å². The van der Waals surface area contributed by atoms with Crippen LogP contribution in [-0.4, -0.2) is 59.5 Å². The molecule has 1 unspecified atom stereocenters. The number of likely N-dealkylation sites (tertiary alicyclic amines) is 1. The van der Waals surface area contributed by atoms with Crippen molar-refractivity contribution < 1.29 is 4.79 Å². The predicted octanol–water partition coefficient (Wildman–Crippen LogP) is 3.16. The zero-order chi connectivity index (χ0) is 21.6. The number of aromatic nitrogens is 2. The highest BCUT2D eigenvalue weighted by atomic mass is 16.2. The molecule has 1 N–H and O–H groups in total. The van der Waals surface area contributed by atoms with Gasteiger partial charge in [0.2, 0.25) is 5.91 Å². The zero-order valence-corrected chi connectivity index (χ0v) is 18.8. The maximum atomic E-state index is 12.0. The Kier molecular flexibility index (Phi) is 6.89. The lowest BCUT2D eigenvalue weighted by atomic mass is 9.98. The molecule has 1 atom stereocenters. The summed E-state index contributed by atoms with van der Waals surface area (Å²) in [4.78, 5) is 25.2. The van der Waals surface area contributed by atoms with E-state index in [0.717, 1.165) is 70.2 Å². The van der Waals surface area contributed by atoms with E-state index >= 15 is 0 Å². The Morgan fingerprint density at radius 3 is 2.87 bits per heavy atom. The van der Waals surface area contributed by atoms with Crippen molar-refractivity contribution in [1.29, 1.82) is 0 Å². The summed E-state index contributed by atoms with van der Waals surface area (Å²) < 4.78 is 2.20. The number of rotatable bonds is 8. The van der Waals surface area contributed by atoms with Crippen LogP contribution in [0.1, 0.15) is 49.4 Å². The monoisotopic (exact) mass is 422 g/mol. The van der Waals surface area contributed by atoms with Gasteiger partial charge in [0, 0.05) is 70.2 Å². The Labute approximate surface area is 185 Å². The molecule has 4 rings (SSSR count). The second kappa shape index (κ2) is 9.98. The molecule has 1 aromatic heterocycles. The van der Waals surface area contributed by atoms with Crippen molar-refractivity contribution in [3.63, 3.8) is 0 Å². The van der Waals surface area contributed by atoms with Crippen molar-refractivity contribution >= 4 is 17.6 Å². The lowest BCUT2D eigenvalue weighted by molar-refractivity contribution is -0.127. The molecule has 1 aromatic carbocycles. The Morgan fingerprint density at radius 1 is 1.26 bits per heavy atom. The van der Waals surface area contributed by atoms with Gasteiger partial charge in [0.1, 0.15) is 5.82 Å². The van der Waals surface area contributed by atoms with Crippen LogP contribution in [-0.2, 0) is 11.3 Å². The van der Waals surface area contributed by atoms with Crippen molar-refractivity contribution in [3.05, 3.63) is 48.0 Å². The summed E-state index contributed by atoms with van der Waals surface area (Å²) in [5, 5.41) is 3.56. The number of nitrogens with one attached hydrogen (secondary N) is 1. The molecule has 0 saturated carbocycles. The zero-order valence-electron chi connectivity index (χ0n) is 18.8. The number of para-hydroxylation sites is 1. The van der Waals surface area contributed by atoms with E-state index in [0.29, 0.717) is 18.2 Å². The van der Waals surface area contributed by atoms with E-state index in [2.05, 4.69) is 49.0 Å². The number of nitrogens with zero attached hydrogens (tertiary/aromatic N) is 5. The number of amides is 1. The highest BCUT2D eigenvalue weighted by Crippen LogP contribution is 2.38. The molecule has 166 valence electrons. The van der Waals surface area contributed by atoms with Gasteiger partial charge in [-0.3, -0.25) is 9.79 Å². The van der Waals surface area contributed by atoms with Crippen LogP contribution in [0.3, 0.4) is 0 Å². The molecule has 2 aromatic rings. The molecular formula is C24H34N6O. The fourth-order valence-corrected chi connectivity index (χ4v) is 4.74. The summed E-state index contributed by atoms with van der Waals surface area (Å²) in [5.41, 5.74) is 2.61. The van der Waals surface area contributed by atoms with Gasteiger partial charge < -0.3 is 19.7 Å². The first kappa shape index (κ1) is 21.4. The largest absolute Gasteiger partial charge is 0.356 e. The smallest absolute Gasteiger partial charge is 0.222 e. The van der Waals surface area contributed by atoms with Gasteiger partial charge in [-0.2, -0.15) is 0 Å². The van der Waals surface area contributed by atoms with E-state index in [-0.39, 0.29) is 0 Å². The van der Waals surface area contributed by atoms with E-state index in [1.165, 1.54) is 11.3 Å². The van der Waals surface area contributed by atoms with Gasteiger partial charge in [-0.05, 0) is 44.2 Å². The molecule has 2 aliphatic rings. The van der Waals surface area contributed by atoms with Gasteiger partial charge in [0.15, 0.2) is 5.96 Å². The van der Waals surface area contributed by atoms with Gasteiger partial charge in [0.25, 0.3) is 0 Å². The number of imidazole rings is 1. The van der Waals surface area contributed by atoms with E-state index in [1.807, 2.05) is 31.3 Å². The van der Waals surface area contributed by atoms with Crippen LogP contribution in [0, 0.1) is 6.92 Å². The van der Waals surface area contributed by atoms with Gasteiger partial charge >= 0.3 is 0 Å². The van der Waals surface area contributed by atoms with Crippen molar-refractivity contribution in [1.82, 2.24) is 19.8 Å². The molecule has 31 heavy (non-hydrogen) atoms. The molecule has 2 aliphatic heterocycles. The van der Waals surface area contributed by atoms with Crippen LogP contribution in [0.5, 0.6) is 0 Å². The number of fused-ring (bicyclic) bond motifs is 1. The van der Waals surface area contributed by atoms with Crippen LogP contribution < -0.4 is 10.2 Å². The van der Waals surface area contributed by atoms with Gasteiger partial charge in [-0.1, -0.05) is 18.2 Å². The first-order valence-electron chi connectivity index (χ1n) is 11.5. The minimum atomic E-state index is 0.312. The van der Waals surface area contributed by atoms with Gasteiger partial charge in [0.05, 0.1) is 0 Å². The number of anilines is 1. The summed E-state index contributed by atoms with van der Waals surface area (Å²) >= 11 is 0. The molecule has 3 heterocycles. The summed E-state index contributed by atoms with van der Waals surface area (Å²) in [5.74, 6) is 2.74. The number of hydrogen-bond acceptors (Lipinski definition) is 3. The van der Waals surface area contributed by atoms with Gasteiger partial charge in [-0.25, -0.2) is 4.98 Å². The topological polar surface area (TPSA) is 65.8 Å². The first-order chi connectivity index (χ1) is 15.2. The van der Waals surface area contributed by atoms with Crippen LogP contribution in [0.15, 0.2) is 41.7 Å². The molecule has 0 spiro atoms. The minimum Gasteiger partial charge on any atom is -0.356 e. The average Bonchev–Trinajstić information content (AvgIpc) is 3.48. The lowest BCUT2D eigenvalue weighted by Crippen LogP contribution is -2.41. The highest BCUT2D eigenvalue weighted by molar-refractivity contribution is 5.98. The summed E-state index contributed by atoms with van der Waals surface area (Å²) in [6, 6.07) is 8.63. The van der Waals surface area contributed by atoms with Crippen LogP contribution in [0.4, 0.5) is 5.69 Å². The fourth-order valence-electron chi connectivity index (χ4n) is 4.74. The molecule has 1 fully saturated rings. The number of carbonyl (C=O) groups is 1. The van der Waals surface area contributed by atoms with Crippen molar-refractivity contribution in [3.8, 4) is 0 Å². The van der Waals surface area contributed by atoms with E-state index in [9.17, 15) is 4.79 Å². The molecule has 1 saturated heterocycles. The normalized spacial score (nSPS) is 18.7. The molecule has 7 heteroatoms. The Bertz CT molecular complexity index is 920. The Hall–Kier alpha value is -2.83. The first-order valence-corrected chi connectivity index (χ1v) is 11.5. The minimum absolute atomic E-state index is 0.312. The van der Waals surface area contributed by atoms with Crippen molar-refractivity contribution in [2.24, 2.45) is 4.99 Å². The Balaban J connectivity index is 1.31. The van der Waals surface area contributed by atoms with Crippen LogP contribution >= 0.6 is 0 Å². The lowest BCUT2D eigenvalue weighted by Gasteiger charge is -2.23. The van der Waals surface area contributed by atoms with Crippen molar-refractivity contribution in [2.45, 2.75) is 51.5 Å². The Morgan fingerprint density at radius 2 is 2.13 bits per heavy atom. The molecular weight excluding hydrogens is 388 g/mol. The third-order valence-electron chi connectivity index (χ3n) is 6.49. The van der Waals surface area contributed by atoms with Gasteiger partial charge in [-0.15, -0.1) is 0 Å². The molecule has 0 bridgehead atoms.